The quantitative estimate of drug-likeness (QED) is 0.769. The Labute approximate surface area is 148 Å². The zero-order chi connectivity index (χ0) is 18.1. The average molecular weight is 343 g/mol. The molecule has 0 bridgehead atoms. The van der Waals surface area contributed by atoms with E-state index in [4.69, 9.17) is 10.00 Å². The van der Waals surface area contributed by atoms with Crippen LogP contribution in [0.3, 0.4) is 0 Å². The van der Waals surface area contributed by atoms with Gasteiger partial charge >= 0.3 is 0 Å². The minimum atomic E-state index is -0.124. The first-order valence-electron chi connectivity index (χ1n) is 8.72. The number of nitrogens with one attached hydrogen (secondary N) is 1. The van der Waals surface area contributed by atoms with E-state index in [0.29, 0.717) is 32.5 Å². The number of amides is 2. The zero-order valence-electron chi connectivity index (χ0n) is 14.7. The van der Waals surface area contributed by atoms with E-state index >= 15 is 0 Å². The van der Waals surface area contributed by atoms with Gasteiger partial charge in [0.2, 0.25) is 11.8 Å². The van der Waals surface area contributed by atoms with Gasteiger partial charge in [0.1, 0.15) is 12.2 Å². The molecule has 1 aromatic carbocycles. The van der Waals surface area contributed by atoms with Gasteiger partial charge in [-0.25, -0.2) is 0 Å². The smallest absolute Gasteiger partial charge is 0.236 e. The first kappa shape index (κ1) is 18.8. The number of benzene rings is 1. The van der Waals surface area contributed by atoms with Gasteiger partial charge in [-0.05, 0) is 37.8 Å². The molecule has 2 amide bonds. The third-order valence-electron chi connectivity index (χ3n) is 4.34. The van der Waals surface area contributed by atoms with Gasteiger partial charge < -0.3 is 15.0 Å². The second-order valence-corrected chi connectivity index (χ2v) is 6.27. The molecule has 1 N–H and O–H groups in total. The highest BCUT2D eigenvalue weighted by molar-refractivity contribution is 5.78. The molecule has 0 atom stereocenters. The fraction of sp³-hybridized carbons (Fsp3) is 0.526. The SMILES string of the molecule is Cc1ccccc1OCCCC(=O)NC1CCN(C(=O)CC#N)CC1. The van der Waals surface area contributed by atoms with Crippen LogP contribution in [-0.2, 0) is 9.59 Å². The fourth-order valence-electron chi connectivity index (χ4n) is 2.89. The molecule has 0 spiro atoms. The minimum absolute atomic E-state index is 0.0233. The summed E-state index contributed by atoms with van der Waals surface area (Å²) in [6.07, 6.45) is 2.50. The molecule has 1 saturated heterocycles. The van der Waals surface area contributed by atoms with Gasteiger partial charge in [-0.1, -0.05) is 18.2 Å². The number of likely N-dealkylation sites (tertiary alicyclic amines) is 1. The number of ether oxygens (including phenoxy) is 1. The number of piperidine rings is 1. The van der Waals surface area contributed by atoms with Crippen molar-refractivity contribution >= 4 is 11.8 Å². The van der Waals surface area contributed by atoms with E-state index in [0.717, 1.165) is 24.2 Å². The summed E-state index contributed by atoms with van der Waals surface area (Å²) in [5.41, 5.74) is 1.09. The first-order valence-corrected chi connectivity index (χ1v) is 8.72. The normalized spacial score (nSPS) is 14.6. The monoisotopic (exact) mass is 343 g/mol. The average Bonchev–Trinajstić information content (AvgIpc) is 2.61. The van der Waals surface area contributed by atoms with Gasteiger partial charge in [-0.2, -0.15) is 5.26 Å². The summed E-state index contributed by atoms with van der Waals surface area (Å²) in [4.78, 5) is 25.4. The molecule has 0 unspecified atom stereocenters. The van der Waals surface area contributed by atoms with E-state index in [1.807, 2.05) is 37.3 Å². The van der Waals surface area contributed by atoms with Crippen LogP contribution in [0, 0.1) is 18.3 Å². The second kappa shape index (κ2) is 9.67. The van der Waals surface area contributed by atoms with Crippen molar-refractivity contribution in [2.24, 2.45) is 0 Å². The molecule has 0 aliphatic carbocycles. The predicted molar refractivity (Wildman–Crippen MR) is 93.9 cm³/mol. The Balaban J connectivity index is 1.61. The number of rotatable bonds is 7. The van der Waals surface area contributed by atoms with Crippen LogP contribution in [0.25, 0.3) is 0 Å². The Kier molecular flexibility index (Phi) is 7.27. The van der Waals surface area contributed by atoms with E-state index in [1.165, 1.54) is 0 Å². The van der Waals surface area contributed by atoms with E-state index in [9.17, 15) is 9.59 Å². The van der Waals surface area contributed by atoms with Crippen molar-refractivity contribution in [3.8, 4) is 11.8 Å². The van der Waals surface area contributed by atoms with Gasteiger partial charge in [0.25, 0.3) is 0 Å². The first-order chi connectivity index (χ1) is 12.1. The van der Waals surface area contributed by atoms with Crippen LogP contribution in [0.4, 0.5) is 0 Å². The summed E-state index contributed by atoms with van der Waals surface area (Å²) in [5, 5.41) is 11.6. The van der Waals surface area contributed by atoms with Crippen molar-refractivity contribution in [2.75, 3.05) is 19.7 Å². The number of carbonyl (C=O) groups excluding carboxylic acids is 2. The summed E-state index contributed by atoms with van der Waals surface area (Å²) >= 11 is 0. The lowest BCUT2D eigenvalue weighted by molar-refractivity contribution is -0.131. The highest BCUT2D eigenvalue weighted by Gasteiger charge is 2.23. The Morgan fingerprint density at radius 1 is 1.32 bits per heavy atom. The Hall–Kier alpha value is -2.55. The lowest BCUT2D eigenvalue weighted by Gasteiger charge is -2.32. The third kappa shape index (κ3) is 6.11. The van der Waals surface area contributed by atoms with E-state index in [-0.39, 0.29) is 24.3 Å². The molecule has 0 radical (unpaired) electrons. The number of hydrogen-bond acceptors (Lipinski definition) is 4. The lowest BCUT2D eigenvalue weighted by atomic mass is 10.0. The molecule has 0 saturated carbocycles. The Bertz CT molecular complexity index is 631. The lowest BCUT2D eigenvalue weighted by Crippen LogP contribution is -2.46. The van der Waals surface area contributed by atoms with E-state index in [2.05, 4.69) is 5.32 Å². The molecule has 2 rings (SSSR count). The van der Waals surface area contributed by atoms with E-state index in [1.54, 1.807) is 4.90 Å². The predicted octanol–water partition coefficient (Wildman–Crippen LogP) is 2.17. The van der Waals surface area contributed by atoms with Gasteiger partial charge in [0.15, 0.2) is 0 Å². The van der Waals surface area contributed by atoms with Crippen LogP contribution in [0.5, 0.6) is 5.75 Å². The van der Waals surface area contributed by atoms with E-state index < -0.39 is 0 Å². The molecule has 0 aromatic heterocycles. The van der Waals surface area contributed by atoms with Crippen molar-refractivity contribution in [1.29, 1.82) is 5.26 Å². The molecule has 1 heterocycles. The maximum atomic E-state index is 12.0. The van der Waals surface area contributed by atoms with Crippen LogP contribution >= 0.6 is 0 Å². The third-order valence-corrected chi connectivity index (χ3v) is 4.34. The van der Waals surface area contributed by atoms with Crippen molar-refractivity contribution in [3.63, 3.8) is 0 Å². The number of carbonyl (C=O) groups is 2. The van der Waals surface area contributed by atoms with Crippen LogP contribution in [-0.4, -0.2) is 42.5 Å². The topological polar surface area (TPSA) is 82.4 Å². The number of aryl methyl sites for hydroxylation is 1. The zero-order valence-corrected chi connectivity index (χ0v) is 14.7. The number of nitrogens with zero attached hydrogens (tertiary/aromatic N) is 2. The molecule has 25 heavy (non-hydrogen) atoms. The number of hydrogen-bond donors (Lipinski definition) is 1. The molecule has 6 nitrogen and oxygen atoms in total. The molecule has 1 fully saturated rings. The molecule has 1 aromatic rings. The highest BCUT2D eigenvalue weighted by atomic mass is 16.5. The summed E-state index contributed by atoms with van der Waals surface area (Å²) in [5.74, 6) is 0.758. The largest absolute Gasteiger partial charge is 0.493 e. The number of nitriles is 1. The van der Waals surface area contributed by atoms with Crippen molar-refractivity contribution in [1.82, 2.24) is 10.2 Å². The van der Waals surface area contributed by atoms with Crippen LogP contribution in [0.2, 0.25) is 0 Å². The van der Waals surface area contributed by atoms with Crippen LogP contribution in [0.15, 0.2) is 24.3 Å². The summed E-state index contributed by atoms with van der Waals surface area (Å²) in [7, 11) is 0. The van der Waals surface area contributed by atoms with Crippen LogP contribution < -0.4 is 10.1 Å². The van der Waals surface area contributed by atoms with Gasteiger partial charge in [-0.3, -0.25) is 9.59 Å². The van der Waals surface area contributed by atoms with Crippen molar-refractivity contribution < 1.29 is 14.3 Å². The molecular formula is C19H25N3O3. The fourth-order valence-corrected chi connectivity index (χ4v) is 2.89. The Morgan fingerprint density at radius 2 is 2.04 bits per heavy atom. The van der Waals surface area contributed by atoms with Crippen molar-refractivity contribution in [3.05, 3.63) is 29.8 Å². The molecule has 6 heteroatoms. The van der Waals surface area contributed by atoms with Gasteiger partial charge in [0.05, 0.1) is 12.7 Å². The maximum Gasteiger partial charge on any atom is 0.236 e. The molecule has 1 aliphatic rings. The van der Waals surface area contributed by atoms with Crippen LogP contribution in [0.1, 0.15) is 37.7 Å². The van der Waals surface area contributed by atoms with Crippen molar-refractivity contribution in [2.45, 2.75) is 45.1 Å². The van der Waals surface area contributed by atoms with Gasteiger partial charge in [-0.15, -0.1) is 0 Å². The summed E-state index contributed by atoms with van der Waals surface area (Å²) in [6, 6.07) is 9.81. The summed E-state index contributed by atoms with van der Waals surface area (Å²) < 4.78 is 5.69. The molecular weight excluding hydrogens is 318 g/mol. The minimum Gasteiger partial charge on any atom is -0.493 e. The molecule has 134 valence electrons. The Morgan fingerprint density at radius 3 is 2.72 bits per heavy atom. The summed E-state index contributed by atoms with van der Waals surface area (Å²) in [6.45, 7) is 3.71. The van der Waals surface area contributed by atoms with Gasteiger partial charge in [0, 0.05) is 25.6 Å². The maximum absolute atomic E-state index is 12.0. The molecule has 1 aliphatic heterocycles. The number of para-hydroxylation sites is 1. The standard InChI is InChI=1S/C19H25N3O3/c1-15-5-2-3-6-17(15)25-14-4-7-18(23)21-16-9-12-22(13-10-16)19(24)8-11-20/h2-3,5-6,16H,4,7-10,12-14H2,1H3,(H,21,23). The highest BCUT2D eigenvalue weighted by Crippen LogP contribution is 2.16. The second-order valence-electron chi connectivity index (χ2n) is 6.27.